The molecular weight excluding hydrogens is 355 g/mol. The van der Waals surface area contributed by atoms with Gasteiger partial charge in [-0.05, 0) is 42.5 Å². The maximum Gasteiger partial charge on any atom is 0.276 e. The minimum atomic E-state index is -0.162. The average Bonchev–Trinajstić information content (AvgIpc) is 3.06. The van der Waals surface area contributed by atoms with Gasteiger partial charge >= 0.3 is 0 Å². The molecule has 0 saturated carbocycles. The van der Waals surface area contributed by atoms with Gasteiger partial charge in [0.15, 0.2) is 5.11 Å². The molecule has 1 aliphatic heterocycles. The zero-order valence-corrected chi connectivity index (χ0v) is 14.7. The molecule has 1 aromatic carbocycles. The van der Waals surface area contributed by atoms with Crippen LogP contribution in [0.4, 0.5) is 0 Å². The fraction of sp³-hybridized carbons (Fsp3) is 0.125. The van der Waals surface area contributed by atoms with Gasteiger partial charge in [0, 0.05) is 25.7 Å². The van der Waals surface area contributed by atoms with Crippen LogP contribution in [0.25, 0.3) is 17.4 Å². The maximum absolute atomic E-state index is 12.1. The van der Waals surface area contributed by atoms with E-state index in [2.05, 4.69) is 0 Å². The van der Waals surface area contributed by atoms with E-state index in [-0.39, 0.29) is 5.91 Å². The molecule has 0 unspecified atom stereocenters. The largest absolute Gasteiger partial charge is 0.457 e. The van der Waals surface area contributed by atoms with Gasteiger partial charge in [-0.1, -0.05) is 23.2 Å². The number of rotatable bonds is 2. The average molecular weight is 367 g/mol. The van der Waals surface area contributed by atoms with Crippen LogP contribution in [0.3, 0.4) is 0 Å². The van der Waals surface area contributed by atoms with Crippen molar-refractivity contribution in [2.45, 2.75) is 0 Å². The van der Waals surface area contributed by atoms with Gasteiger partial charge < -0.3 is 9.32 Å². The summed E-state index contributed by atoms with van der Waals surface area (Å²) in [6, 6.07) is 8.86. The number of thiocarbonyl (C=S) groups is 1. The Morgan fingerprint density at radius 3 is 2.43 bits per heavy atom. The summed E-state index contributed by atoms with van der Waals surface area (Å²) in [5.41, 5.74) is 1.27. The highest BCUT2D eigenvalue weighted by atomic mass is 35.5. The van der Waals surface area contributed by atoms with Crippen LogP contribution in [0, 0.1) is 0 Å². The first-order valence-corrected chi connectivity index (χ1v) is 7.87. The summed E-state index contributed by atoms with van der Waals surface area (Å²) >= 11 is 17.1. The topological polar surface area (TPSA) is 36.7 Å². The van der Waals surface area contributed by atoms with E-state index >= 15 is 0 Å². The van der Waals surface area contributed by atoms with Gasteiger partial charge in [-0.15, -0.1) is 0 Å². The number of hydrogen-bond acceptors (Lipinski definition) is 3. The Balaban J connectivity index is 1.93. The lowest BCUT2D eigenvalue weighted by Gasteiger charge is -2.10. The van der Waals surface area contributed by atoms with Crippen molar-refractivity contribution >= 4 is 52.5 Å². The molecule has 2 aromatic rings. The van der Waals surface area contributed by atoms with Crippen molar-refractivity contribution in [2.24, 2.45) is 0 Å². The van der Waals surface area contributed by atoms with E-state index in [0.29, 0.717) is 32.4 Å². The van der Waals surface area contributed by atoms with Crippen LogP contribution in [-0.2, 0) is 4.79 Å². The summed E-state index contributed by atoms with van der Waals surface area (Å²) in [5.74, 6) is 1.03. The predicted molar refractivity (Wildman–Crippen MR) is 95.3 cm³/mol. The standard InChI is InChI=1S/C16H12Cl2N2O2S/c1-19-13(15(21)20(2)16(19)23)8-10-4-6-14(22-10)9-3-5-11(17)12(18)7-9/h3-8H,1-2H3/b13-8+. The van der Waals surface area contributed by atoms with Gasteiger partial charge in [0.2, 0.25) is 0 Å². The monoisotopic (exact) mass is 366 g/mol. The first-order chi connectivity index (χ1) is 10.9. The molecule has 0 N–H and O–H groups in total. The normalized spacial score (nSPS) is 16.8. The molecule has 3 rings (SSSR count). The molecule has 1 saturated heterocycles. The summed E-state index contributed by atoms with van der Waals surface area (Å²) in [6.45, 7) is 0. The fourth-order valence-electron chi connectivity index (χ4n) is 2.26. The van der Waals surface area contributed by atoms with Crippen molar-refractivity contribution in [3.05, 3.63) is 51.8 Å². The van der Waals surface area contributed by atoms with Gasteiger partial charge in [-0.3, -0.25) is 9.69 Å². The fourth-order valence-corrected chi connectivity index (χ4v) is 2.74. The van der Waals surface area contributed by atoms with Crippen LogP contribution >= 0.6 is 35.4 Å². The minimum absolute atomic E-state index is 0.162. The first kappa shape index (κ1) is 16.1. The number of amides is 1. The van der Waals surface area contributed by atoms with Crippen LogP contribution in [0.1, 0.15) is 5.76 Å². The Morgan fingerprint density at radius 2 is 1.83 bits per heavy atom. The number of benzene rings is 1. The lowest BCUT2D eigenvalue weighted by Crippen LogP contribution is -2.26. The SMILES string of the molecule is CN1C(=O)/C(=C\c2ccc(-c3ccc(Cl)c(Cl)c3)o2)N(C)C1=S. The Hall–Kier alpha value is -1.82. The zero-order chi connectivity index (χ0) is 16.7. The van der Waals surface area contributed by atoms with Crippen LogP contribution in [-0.4, -0.2) is 34.9 Å². The number of likely N-dealkylation sites (N-methyl/N-ethyl adjacent to an activating group) is 2. The number of furan rings is 1. The third-order valence-electron chi connectivity index (χ3n) is 3.57. The van der Waals surface area contributed by atoms with E-state index < -0.39 is 0 Å². The highest BCUT2D eigenvalue weighted by Gasteiger charge is 2.32. The maximum atomic E-state index is 12.1. The molecule has 0 atom stereocenters. The molecule has 4 nitrogen and oxygen atoms in total. The molecule has 0 bridgehead atoms. The highest BCUT2D eigenvalue weighted by Crippen LogP contribution is 2.30. The molecule has 1 aromatic heterocycles. The summed E-state index contributed by atoms with van der Waals surface area (Å²) < 4.78 is 5.77. The second kappa shape index (κ2) is 6.00. The van der Waals surface area contributed by atoms with Gasteiger partial charge in [-0.25, -0.2) is 0 Å². The molecular formula is C16H12Cl2N2O2S. The third-order valence-corrected chi connectivity index (χ3v) is 4.86. The Morgan fingerprint density at radius 1 is 1.09 bits per heavy atom. The lowest BCUT2D eigenvalue weighted by molar-refractivity contribution is -0.121. The molecule has 0 radical (unpaired) electrons. The van der Waals surface area contributed by atoms with E-state index in [4.69, 9.17) is 39.8 Å². The summed E-state index contributed by atoms with van der Waals surface area (Å²) in [4.78, 5) is 15.2. The molecule has 23 heavy (non-hydrogen) atoms. The van der Waals surface area contributed by atoms with Crippen LogP contribution in [0.5, 0.6) is 0 Å². The van der Waals surface area contributed by atoms with Crippen LogP contribution < -0.4 is 0 Å². The summed E-state index contributed by atoms with van der Waals surface area (Å²) in [7, 11) is 3.39. The zero-order valence-electron chi connectivity index (χ0n) is 12.3. The first-order valence-electron chi connectivity index (χ1n) is 6.71. The molecule has 0 aliphatic carbocycles. The van der Waals surface area contributed by atoms with Gasteiger partial charge in [0.1, 0.15) is 17.2 Å². The van der Waals surface area contributed by atoms with E-state index in [1.165, 1.54) is 4.90 Å². The molecule has 7 heteroatoms. The summed E-state index contributed by atoms with van der Waals surface area (Å²) in [6.07, 6.45) is 1.67. The van der Waals surface area contributed by atoms with Crippen molar-refractivity contribution < 1.29 is 9.21 Å². The quantitative estimate of drug-likeness (QED) is 0.586. The van der Waals surface area contributed by atoms with Crippen molar-refractivity contribution in [3.63, 3.8) is 0 Å². The Bertz CT molecular complexity index is 844. The molecule has 118 valence electrons. The molecule has 0 spiro atoms. The van der Waals surface area contributed by atoms with E-state index in [1.54, 1.807) is 43.3 Å². The molecule has 1 amide bonds. The van der Waals surface area contributed by atoms with Crippen LogP contribution in [0.15, 0.2) is 40.4 Å². The Labute approximate surface area is 148 Å². The van der Waals surface area contributed by atoms with Crippen molar-refractivity contribution in [3.8, 4) is 11.3 Å². The van der Waals surface area contributed by atoms with E-state index in [1.807, 2.05) is 12.1 Å². The van der Waals surface area contributed by atoms with Crippen LogP contribution in [0.2, 0.25) is 10.0 Å². The number of halogens is 2. The second-order valence-corrected chi connectivity index (χ2v) is 6.25. The molecule has 1 aliphatic rings. The second-order valence-electron chi connectivity index (χ2n) is 5.07. The van der Waals surface area contributed by atoms with E-state index in [9.17, 15) is 4.79 Å². The minimum Gasteiger partial charge on any atom is -0.457 e. The summed E-state index contributed by atoms with van der Waals surface area (Å²) in [5, 5.41) is 1.40. The molecule has 1 fully saturated rings. The van der Waals surface area contributed by atoms with Gasteiger partial charge in [0.05, 0.1) is 10.0 Å². The third kappa shape index (κ3) is 2.87. The number of nitrogens with zero attached hydrogens (tertiary/aromatic N) is 2. The lowest BCUT2D eigenvalue weighted by atomic mass is 10.2. The molecule has 2 heterocycles. The predicted octanol–water partition coefficient (Wildman–Crippen LogP) is 4.28. The van der Waals surface area contributed by atoms with Gasteiger partial charge in [-0.2, -0.15) is 0 Å². The van der Waals surface area contributed by atoms with Crippen molar-refractivity contribution in [2.75, 3.05) is 14.1 Å². The smallest absolute Gasteiger partial charge is 0.276 e. The van der Waals surface area contributed by atoms with E-state index in [0.717, 1.165) is 5.56 Å². The number of carbonyl (C=O) groups is 1. The van der Waals surface area contributed by atoms with Gasteiger partial charge in [0.25, 0.3) is 5.91 Å². The van der Waals surface area contributed by atoms with Crippen molar-refractivity contribution in [1.29, 1.82) is 0 Å². The number of carbonyl (C=O) groups excluding carboxylic acids is 1. The van der Waals surface area contributed by atoms with Crippen molar-refractivity contribution in [1.82, 2.24) is 9.80 Å². The highest BCUT2D eigenvalue weighted by molar-refractivity contribution is 7.80. The Kier molecular flexibility index (Phi) is 4.19. The number of hydrogen-bond donors (Lipinski definition) is 0.